The molecule has 2 aliphatic heterocycles. The van der Waals surface area contributed by atoms with E-state index in [0.29, 0.717) is 50.6 Å². The molecule has 0 aromatic heterocycles. The van der Waals surface area contributed by atoms with Gasteiger partial charge in [-0.05, 0) is 50.1 Å². The summed E-state index contributed by atoms with van der Waals surface area (Å²) in [7, 11) is -3.78. The van der Waals surface area contributed by atoms with E-state index in [-0.39, 0.29) is 22.4 Å². The Morgan fingerprint density at radius 2 is 2.03 bits per heavy atom. The summed E-state index contributed by atoms with van der Waals surface area (Å²) in [4.78, 5) is 15.1. The molecule has 1 saturated heterocycles. The molecule has 166 valence electrons. The van der Waals surface area contributed by atoms with Crippen molar-refractivity contribution in [1.82, 2.24) is 4.31 Å². The van der Waals surface area contributed by atoms with E-state index in [1.165, 1.54) is 16.4 Å². The molecule has 2 aliphatic rings. The lowest BCUT2D eigenvalue weighted by molar-refractivity contribution is -0.123. The van der Waals surface area contributed by atoms with Crippen LogP contribution in [0.25, 0.3) is 0 Å². The van der Waals surface area contributed by atoms with Crippen molar-refractivity contribution in [3.63, 3.8) is 0 Å². The van der Waals surface area contributed by atoms with Crippen LogP contribution in [0.3, 0.4) is 0 Å². The maximum Gasteiger partial charge on any atom is 0.243 e. The van der Waals surface area contributed by atoms with Crippen LogP contribution in [0.15, 0.2) is 47.4 Å². The zero-order chi connectivity index (χ0) is 22.0. The van der Waals surface area contributed by atoms with Gasteiger partial charge in [-0.15, -0.1) is 0 Å². The standard InChI is InChI=1S/C22H25ClN2O5S/c1-2-29-20-10-9-17(14-18(20)23)31(27,28)24-11-5-6-16(15-24)22(26)25-12-13-30-21-8-4-3-7-19(21)25/h3-4,7-10,14,16H,2,5-6,11-13,15H2,1H3. The number of ether oxygens (including phenoxy) is 2. The SMILES string of the molecule is CCOc1ccc(S(=O)(=O)N2CCCC(C(=O)N3CCOc4ccccc43)C2)cc1Cl. The summed E-state index contributed by atoms with van der Waals surface area (Å²) in [6.45, 7) is 3.66. The summed E-state index contributed by atoms with van der Waals surface area (Å²) in [5.74, 6) is 0.639. The molecule has 0 bridgehead atoms. The zero-order valence-electron chi connectivity index (χ0n) is 17.3. The van der Waals surface area contributed by atoms with E-state index in [1.807, 2.05) is 31.2 Å². The highest BCUT2D eigenvalue weighted by molar-refractivity contribution is 7.89. The number of carbonyl (C=O) groups excluding carboxylic acids is 1. The molecule has 9 heteroatoms. The second-order valence-electron chi connectivity index (χ2n) is 7.53. The molecule has 4 rings (SSSR count). The Morgan fingerprint density at radius 3 is 2.81 bits per heavy atom. The van der Waals surface area contributed by atoms with Gasteiger partial charge in [0.25, 0.3) is 0 Å². The number of anilines is 1. The molecule has 1 amide bonds. The lowest BCUT2D eigenvalue weighted by atomic mass is 9.97. The number of rotatable bonds is 5. The number of amides is 1. The first-order chi connectivity index (χ1) is 14.9. The average Bonchev–Trinajstić information content (AvgIpc) is 2.79. The molecular weight excluding hydrogens is 440 g/mol. The van der Waals surface area contributed by atoms with E-state index in [9.17, 15) is 13.2 Å². The minimum atomic E-state index is -3.78. The van der Waals surface area contributed by atoms with Crippen LogP contribution >= 0.6 is 11.6 Å². The van der Waals surface area contributed by atoms with Gasteiger partial charge in [0.15, 0.2) is 0 Å². The highest BCUT2D eigenvalue weighted by atomic mass is 35.5. The van der Waals surface area contributed by atoms with Gasteiger partial charge in [-0.1, -0.05) is 23.7 Å². The fourth-order valence-corrected chi connectivity index (χ4v) is 5.90. The topological polar surface area (TPSA) is 76.2 Å². The minimum Gasteiger partial charge on any atom is -0.492 e. The van der Waals surface area contributed by atoms with Crippen molar-refractivity contribution in [3.8, 4) is 11.5 Å². The molecule has 0 aliphatic carbocycles. The van der Waals surface area contributed by atoms with Gasteiger partial charge in [-0.25, -0.2) is 8.42 Å². The van der Waals surface area contributed by atoms with Gasteiger partial charge in [0.1, 0.15) is 18.1 Å². The van der Waals surface area contributed by atoms with Gasteiger partial charge < -0.3 is 14.4 Å². The molecule has 1 fully saturated rings. The van der Waals surface area contributed by atoms with Crippen LogP contribution in [0.5, 0.6) is 11.5 Å². The first-order valence-electron chi connectivity index (χ1n) is 10.4. The summed E-state index contributed by atoms with van der Waals surface area (Å²) in [5.41, 5.74) is 0.733. The zero-order valence-corrected chi connectivity index (χ0v) is 18.9. The molecule has 0 N–H and O–H groups in total. The van der Waals surface area contributed by atoms with Gasteiger partial charge >= 0.3 is 0 Å². The third-order valence-corrected chi connectivity index (χ3v) is 7.73. The van der Waals surface area contributed by atoms with Gasteiger partial charge in [-0.2, -0.15) is 4.31 Å². The van der Waals surface area contributed by atoms with Crippen LogP contribution in [-0.2, 0) is 14.8 Å². The Labute approximate surface area is 187 Å². The maximum atomic E-state index is 13.3. The predicted molar refractivity (Wildman–Crippen MR) is 118 cm³/mol. The first kappa shape index (κ1) is 21.9. The van der Waals surface area contributed by atoms with E-state index >= 15 is 0 Å². The monoisotopic (exact) mass is 464 g/mol. The van der Waals surface area contributed by atoms with Crippen LogP contribution in [0.1, 0.15) is 19.8 Å². The van der Waals surface area contributed by atoms with Crippen molar-refractivity contribution < 1.29 is 22.7 Å². The predicted octanol–water partition coefficient (Wildman–Crippen LogP) is 3.57. The maximum absolute atomic E-state index is 13.3. The van der Waals surface area contributed by atoms with Crippen LogP contribution in [0.4, 0.5) is 5.69 Å². The summed E-state index contributed by atoms with van der Waals surface area (Å²) >= 11 is 6.20. The Hall–Kier alpha value is -2.29. The van der Waals surface area contributed by atoms with E-state index in [1.54, 1.807) is 11.0 Å². The molecule has 0 radical (unpaired) electrons. The van der Waals surface area contributed by atoms with Crippen molar-refractivity contribution in [1.29, 1.82) is 0 Å². The number of sulfonamides is 1. The molecule has 0 saturated carbocycles. The third-order valence-electron chi connectivity index (χ3n) is 5.57. The lowest BCUT2D eigenvalue weighted by Crippen LogP contribution is -2.48. The normalized spacial score (nSPS) is 19.4. The Kier molecular flexibility index (Phi) is 6.41. The number of halogens is 1. The van der Waals surface area contributed by atoms with Crippen LogP contribution in [-0.4, -0.2) is 51.5 Å². The molecule has 1 unspecified atom stereocenters. The molecular formula is C22H25ClN2O5S. The molecule has 0 spiro atoms. The van der Waals surface area contributed by atoms with Gasteiger partial charge in [0, 0.05) is 13.1 Å². The molecule has 2 heterocycles. The molecule has 1 atom stereocenters. The van der Waals surface area contributed by atoms with Crippen molar-refractivity contribution >= 4 is 33.2 Å². The van der Waals surface area contributed by atoms with Crippen LogP contribution in [0, 0.1) is 5.92 Å². The number of nitrogens with zero attached hydrogens (tertiary/aromatic N) is 2. The molecule has 2 aromatic carbocycles. The van der Waals surface area contributed by atoms with Gasteiger partial charge in [-0.3, -0.25) is 4.79 Å². The van der Waals surface area contributed by atoms with Crippen LogP contribution < -0.4 is 14.4 Å². The second-order valence-corrected chi connectivity index (χ2v) is 9.88. The number of hydrogen-bond acceptors (Lipinski definition) is 5. The molecule has 7 nitrogen and oxygen atoms in total. The first-order valence-corrected chi connectivity index (χ1v) is 12.2. The number of benzene rings is 2. The number of piperidine rings is 1. The summed E-state index contributed by atoms with van der Waals surface area (Å²) < 4.78 is 38.9. The third kappa shape index (κ3) is 4.37. The average molecular weight is 465 g/mol. The van der Waals surface area contributed by atoms with Crippen LogP contribution in [0.2, 0.25) is 5.02 Å². The summed E-state index contributed by atoms with van der Waals surface area (Å²) in [6.07, 6.45) is 1.26. The fourth-order valence-electron chi connectivity index (χ4n) is 4.04. The highest BCUT2D eigenvalue weighted by Crippen LogP contribution is 2.34. The number of para-hydroxylation sites is 2. The van der Waals surface area contributed by atoms with Crippen molar-refractivity contribution in [2.45, 2.75) is 24.7 Å². The molecule has 31 heavy (non-hydrogen) atoms. The Morgan fingerprint density at radius 1 is 1.23 bits per heavy atom. The summed E-state index contributed by atoms with van der Waals surface area (Å²) in [5, 5.41) is 0.248. The van der Waals surface area contributed by atoms with E-state index in [2.05, 4.69) is 0 Å². The summed E-state index contributed by atoms with van der Waals surface area (Å²) in [6, 6.07) is 11.9. The quantitative estimate of drug-likeness (QED) is 0.676. The smallest absolute Gasteiger partial charge is 0.243 e. The van der Waals surface area contributed by atoms with Crippen molar-refractivity contribution in [2.24, 2.45) is 5.92 Å². The van der Waals surface area contributed by atoms with E-state index in [0.717, 1.165) is 5.69 Å². The molecule has 2 aromatic rings. The van der Waals surface area contributed by atoms with Crippen molar-refractivity contribution in [2.75, 3.05) is 37.7 Å². The fraction of sp³-hybridized carbons (Fsp3) is 0.409. The van der Waals surface area contributed by atoms with E-state index < -0.39 is 15.9 Å². The van der Waals surface area contributed by atoms with Gasteiger partial charge in [0.2, 0.25) is 15.9 Å². The lowest BCUT2D eigenvalue weighted by Gasteiger charge is -2.36. The Balaban J connectivity index is 1.53. The van der Waals surface area contributed by atoms with E-state index in [4.69, 9.17) is 21.1 Å². The minimum absolute atomic E-state index is 0.0691. The highest BCUT2D eigenvalue weighted by Gasteiger charge is 2.36. The van der Waals surface area contributed by atoms with Gasteiger partial charge in [0.05, 0.1) is 34.7 Å². The second kappa shape index (κ2) is 9.06. The van der Waals surface area contributed by atoms with Crippen molar-refractivity contribution in [3.05, 3.63) is 47.5 Å². The number of carbonyl (C=O) groups is 1. The number of hydrogen-bond donors (Lipinski definition) is 0. The Bertz CT molecular complexity index is 1080. The largest absolute Gasteiger partial charge is 0.492 e. The number of fused-ring (bicyclic) bond motifs is 1.